The van der Waals surface area contributed by atoms with Gasteiger partial charge in [0.2, 0.25) is 0 Å². The third-order valence-corrected chi connectivity index (χ3v) is 6.50. The zero-order valence-electron chi connectivity index (χ0n) is 17.0. The van der Waals surface area contributed by atoms with Crippen molar-refractivity contribution in [2.75, 3.05) is 0 Å². The zero-order valence-corrected chi connectivity index (χ0v) is 17.0. The fraction of sp³-hybridized carbons (Fsp3) is 0.148. The van der Waals surface area contributed by atoms with Crippen LogP contribution in [0.15, 0.2) is 85.1 Å². The Morgan fingerprint density at radius 1 is 0.906 bits per heavy atom. The number of nitriles is 2. The molecular weight excluding hydrogens is 401 g/mol. The summed E-state index contributed by atoms with van der Waals surface area (Å²) in [5.74, 6) is -1.37. The lowest BCUT2D eigenvalue weighted by Gasteiger charge is -2.34. The average Bonchev–Trinajstić information content (AvgIpc) is 3.15. The predicted octanol–water partition coefficient (Wildman–Crippen LogP) is 5.24. The molecule has 0 amide bonds. The van der Waals surface area contributed by atoms with E-state index in [2.05, 4.69) is 12.1 Å². The van der Waals surface area contributed by atoms with Crippen molar-refractivity contribution in [3.05, 3.63) is 113 Å². The van der Waals surface area contributed by atoms with Crippen molar-refractivity contribution in [2.45, 2.75) is 18.0 Å². The number of carbonyl (C=O) groups is 1. The molecule has 154 valence electrons. The van der Waals surface area contributed by atoms with Gasteiger partial charge in [-0.1, -0.05) is 66.7 Å². The van der Waals surface area contributed by atoms with Crippen LogP contribution in [0.5, 0.6) is 0 Å². The minimum Gasteiger partial charge on any atom is -0.357 e. The quantitative estimate of drug-likeness (QED) is 0.545. The lowest BCUT2D eigenvalue weighted by Crippen LogP contribution is -2.37. The molecule has 0 N–H and O–H groups in total. The van der Waals surface area contributed by atoms with Gasteiger partial charge in [-0.3, -0.25) is 4.79 Å². The maximum absolute atomic E-state index is 13.8. The summed E-state index contributed by atoms with van der Waals surface area (Å²) in [6, 6.07) is 25.4. The first-order chi connectivity index (χ1) is 15.6. The van der Waals surface area contributed by atoms with E-state index in [-0.39, 0.29) is 5.78 Å². The topological polar surface area (TPSA) is 67.9 Å². The summed E-state index contributed by atoms with van der Waals surface area (Å²) >= 11 is 0. The highest BCUT2D eigenvalue weighted by molar-refractivity contribution is 6.01. The SMILES string of the molecule is N#CC1(C#N)C(c2ccc(F)cc2)C(C(=O)c2ccccc2)N2C=Cc3ccccc3C21. The van der Waals surface area contributed by atoms with Crippen LogP contribution < -0.4 is 0 Å². The molecule has 1 saturated heterocycles. The van der Waals surface area contributed by atoms with Crippen molar-refractivity contribution in [2.24, 2.45) is 5.41 Å². The molecule has 0 saturated carbocycles. The molecule has 32 heavy (non-hydrogen) atoms. The molecule has 0 bridgehead atoms. The van der Waals surface area contributed by atoms with Gasteiger partial charge in [-0.2, -0.15) is 10.5 Å². The van der Waals surface area contributed by atoms with E-state index in [0.717, 1.165) is 11.1 Å². The summed E-state index contributed by atoms with van der Waals surface area (Å²) < 4.78 is 13.7. The second-order valence-corrected chi connectivity index (χ2v) is 8.09. The summed E-state index contributed by atoms with van der Waals surface area (Å²) in [7, 11) is 0. The molecule has 2 aliphatic rings. The molecule has 5 heteroatoms. The number of fused-ring (bicyclic) bond motifs is 3. The molecule has 0 aliphatic carbocycles. The molecule has 1 fully saturated rings. The normalized spacial score (nSPS) is 22.3. The molecule has 5 rings (SSSR count). The van der Waals surface area contributed by atoms with Gasteiger partial charge in [-0.05, 0) is 34.9 Å². The Balaban J connectivity index is 1.78. The molecule has 0 aromatic heterocycles. The predicted molar refractivity (Wildman–Crippen MR) is 117 cm³/mol. The highest BCUT2D eigenvalue weighted by Crippen LogP contribution is 2.59. The minimum atomic E-state index is -1.55. The van der Waals surface area contributed by atoms with Gasteiger partial charge in [-0.25, -0.2) is 4.39 Å². The second-order valence-electron chi connectivity index (χ2n) is 8.09. The number of Topliss-reactive ketones (excluding diaryl/α,β-unsaturated/α-hetero) is 1. The molecule has 0 radical (unpaired) electrons. The number of rotatable bonds is 3. The van der Waals surface area contributed by atoms with Crippen molar-refractivity contribution in [1.29, 1.82) is 10.5 Å². The van der Waals surface area contributed by atoms with E-state index in [1.807, 2.05) is 47.5 Å². The summed E-state index contributed by atoms with van der Waals surface area (Å²) in [6.07, 6.45) is 3.72. The molecule has 3 unspecified atom stereocenters. The van der Waals surface area contributed by atoms with Crippen LogP contribution in [0, 0.1) is 33.9 Å². The fourth-order valence-electron chi connectivity index (χ4n) is 5.11. The maximum Gasteiger partial charge on any atom is 0.185 e. The van der Waals surface area contributed by atoms with Gasteiger partial charge in [0.1, 0.15) is 11.9 Å². The van der Waals surface area contributed by atoms with E-state index in [1.54, 1.807) is 36.4 Å². The standard InChI is InChI=1S/C27H18FN3O/c28-21-12-10-19(11-13-21)23-24(25(32)20-7-2-1-3-8-20)31-15-14-18-6-4-5-9-22(18)26(31)27(23,16-29)17-30/h1-15,23-24,26H. The summed E-state index contributed by atoms with van der Waals surface area (Å²) in [6.45, 7) is 0. The van der Waals surface area contributed by atoms with Gasteiger partial charge in [-0.15, -0.1) is 0 Å². The van der Waals surface area contributed by atoms with Crippen molar-refractivity contribution < 1.29 is 9.18 Å². The smallest absolute Gasteiger partial charge is 0.185 e. The van der Waals surface area contributed by atoms with Gasteiger partial charge >= 0.3 is 0 Å². The van der Waals surface area contributed by atoms with E-state index in [9.17, 15) is 19.7 Å². The van der Waals surface area contributed by atoms with Gasteiger partial charge in [0, 0.05) is 17.7 Å². The maximum atomic E-state index is 13.8. The number of benzene rings is 3. The van der Waals surface area contributed by atoms with Crippen LogP contribution in [0.2, 0.25) is 0 Å². The number of hydrogen-bond acceptors (Lipinski definition) is 4. The first-order valence-electron chi connectivity index (χ1n) is 10.3. The molecule has 0 spiro atoms. The number of hydrogen-bond donors (Lipinski definition) is 0. The number of carbonyl (C=O) groups excluding carboxylic acids is 1. The Morgan fingerprint density at radius 2 is 1.56 bits per heavy atom. The first kappa shape index (κ1) is 19.7. The van der Waals surface area contributed by atoms with Crippen LogP contribution in [0.4, 0.5) is 4.39 Å². The summed E-state index contributed by atoms with van der Waals surface area (Å²) in [5.41, 5.74) is 1.28. The molecule has 3 atom stereocenters. The Labute approximate surface area is 185 Å². The van der Waals surface area contributed by atoms with Crippen molar-refractivity contribution in [1.82, 2.24) is 4.90 Å². The van der Waals surface area contributed by atoms with Gasteiger partial charge in [0.15, 0.2) is 11.2 Å². The number of nitrogens with zero attached hydrogens (tertiary/aromatic N) is 3. The molecular formula is C27H18FN3O. The lowest BCUT2D eigenvalue weighted by molar-refractivity contribution is 0.0874. The Hall–Kier alpha value is -4.22. The van der Waals surface area contributed by atoms with Crippen molar-refractivity contribution >= 4 is 11.9 Å². The molecule has 4 nitrogen and oxygen atoms in total. The summed E-state index contributed by atoms with van der Waals surface area (Å²) in [5, 5.41) is 20.9. The summed E-state index contributed by atoms with van der Waals surface area (Å²) in [4.78, 5) is 15.7. The molecule has 3 aromatic carbocycles. The van der Waals surface area contributed by atoms with Crippen molar-refractivity contribution in [3.8, 4) is 12.1 Å². The first-order valence-corrected chi connectivity index (χ1v) is 10.3. The highest BCUT2D eigenvalue weighted by Gasteiger charge is 2.63. The van der Waals surface area contributed by atoms with Crippen LogP contribution in [0.1, 0.15) is 39.0 Å². The van der Waals surface area contributed by atoms with Crippen LogP contribution in [-0.4, -0.2) is 16.7 Å². The number of halogens is 1. The Bertz CT molecular complexity index is 1290. The third-order valence-electron chi connectivity index (χ3n) is 6.50. The number of ketones is 1. The van der Waals surface area contributed by atoms with E-state index in [4.69, 9.17) is 0 Å². The monoisotopic (exact) mass is 419 g/mol. The van der Waals surface area contributed by atoms with Crippen LogP contribution >= 0.6 is 0 Å². The molecule has 2 aliphatic heterocycles. The minimum absolute atomic E-state index is 0.179. The van der Waals surface area contributed by atoms with Gasteiger partial charge in [0.25, 0.3) is 0 Å². The van der Waals surface area contributed by atoms with E-state index in [0.29, 0.717) is 11.1 Å². The average molecular weight is 419 g/mol. The Kier molecular flexibility index (Phi) is 4.61. The Morgan fingerprint density at radius 3 is 2.25 bits per heavy atom. The van der Waals surface area contributed by atoms with Crippen LogP contribution in [0.25, 0.3) is 6.08 Å². The van der Waals surface area contributed by atoms with Gasteiger partial charge < -0.3 is 4.90 Å². The largest absolute Gasteiger partial charge is 0.357 e. The molecule has 3 aromatic rings. The molecule has 2 heterocycles. The van der Waals surface area contributed by atoms with Crippen molar-refractivity contribution in [3.63, 3.8) is 0 Å². The van der Waals surface area contributed by atoms with E-state index >= 15 is 0 Å². The van der Waals surface area contributed by atoms with Crippen LogP contribution in [0.3, 0.4) is 0 Å². The van der Waals surface area contributed by atoms with Crippen LogP contribution in [-0.2, 0) is 0 Å². The zero-order chi connectivity index (χ0) is 22.3. The van der Waals surface area contributed by atoms with Gasteiger partial charge in [0.05, 0.1) is 18.2 Å². The van der Waals surface area contributed by atoms with E-state index in [1.165, 1.54) is 12.1 Å². The fourth-order valence-corrected chi connectivity index (χ4v) is 5.11. The lowest BCUT2D eigenvalue weighted by atomic mass is 9.67. The third kappa shape index (κ3) is 2.76. The second kappa shape index (κ2) is 7.48. The highest BCUT2D eigenvalue weighted by atomic mass is 19.1. The van der Waals surface area contributed by atoms with E-state index < -0.39 is 29.2 Å².